The number of rotatable bonds is 8. The van der Waals surface area contributed by atoms with E-state index in [0.29, 0.717) is 6.54 Å². The van der Waals surface area contributed by atoms with Crippen LogP contribution in [0.4, 0.5) is 4.79 Å². The molecular weight excluding hydrogens is 316 g/mol. The van der Waals surface area contributed by atoms with Gasteiger partial charge < -0.3 is 15.7 Å². The summed E-state index contributed by atoms with van der Waals surface area (Å²) in [6, 6.07) is 0.0980. The molecule has 1 fully saturated rings. The largest absolute Gasteiger partial charge is 0.480 e. The monoisotopic (exact) mass is 340 g/mol. The predicted octanol–water partition coefficient (Wildman–Crippen LogP) is 1.83. The molecule has 1 saturated carbocycles. The van der Waals surface area contributed by atoms with E-state index < -0.39 is 5.97 Å². The average molecular weight is 340 g/mol. The third-order valence-corrected chi connectivity index (χ3v) is 5.06. The number of hydrogen-bond acceptors (Lipinski definition) is 5. The number of thiazole rings is 1. The maximum Gasteiger partial charge on any atom is 0.317 e. The van der Waals surface area contributed by atoms with Crippen LogP contribution in [0.1, 0.15) is 44.2 Å². The smallest absolute Gasteiger partial charge is 0.317 e. The topological polar surface area (TPSA) is 94.6 Å². The first-order valence-corrected chi connectivity index (χ1v) is 8.83. The maximum absolute atomic E-state index is 12.1. The number of carbonyl (C=O) groups excluding carboxylic acids is 1. The molecule has 1 aliphatic rings. The molecule has 0 aliphatic heterocycles. The lowest BCUT2D eigenvalue weighted by Gasteiger charge is -2.42. The minimum Gasteiger partial charge on any atom is -0.480 e. The van der Waals surface area contributed by atoms with Gasteiger partial charge in [0.15, 0.2) is 0 Å². The normalized spacial score (nSPS) is 21.5. The van der Waals surface area contributed by atoms with Gasteiger partial charge >= 0.3 is 12.0 Å². The van der Waals surface area contributed by atoms with Gasteiger partial charge in [0.1, 0.15) is 5.01 Å². The molecule has 3 N–H and O–H groups in total. The van der Waals surface area contributed by atoms with Crippen LogP contribution in [-0.2, 0) is 4.79 Å². The van der Waals surface area contributed by atoms with Crippen molar-refractivity contribution >= 4 is 23.3 Å². The van der Waals surface area contributed by atoms with Crippen molar-refractivity contribution in [2.45, 2.75) is 51.2 Å². The first-order chi connectivity index (χ1) is 11.0. The van der Waals surface area contributed by atoms with E-state index in [-0.39, 0.29) is 30.7 Å². The number of aromatic nitrogens is 1. The van der Waals surface area contributed by atoms with E-state index in [1.165, 1.54) is 11.3 Å². The van der Waals surface area contributed by atoms with Gasteiger partial charge in [-0.3, -0.25) is 9.69 Å². The van der Waals surface area contributed by atoms with Crippen LogP contribution < -0.4 is 10.6 Å². The van der Waals surface area contributed by atoms with Crippen molar-refractivity contribution in [3.63, 3.8) is 0 Å². The molecule has 0 radical (unpaired) electrons. The second kappa shape index (κ2) is 8.26. The van der Waals surface area contributed by atoms with Crippen LogP contribution >= 0.6 is 11.3 Å². The molecule has 1 heterocycles. The summed E-state index contributed by atoms with van der Waals surface area (Å²) in [6.07, 6.45) is 4.11. The number of carboxylic acids is 1. The second-order valence-corrected chi connectivity index (χ2v) is 6.65. The Morgan fingerprint density at radius 2 is 2.22 bits per heavy atom. The molecule has 1 aliphatic carbocycles. The molecule has 2 rings (SSSR count). The molecule has 1 unspecified atom stereocenters. The third kappa shape index (κ3) is 4.90. The molecule has 23 heavy (non-hydrogen) atoms. The standard InChI is InChI=1S/C15H24N4O3S/c1-3-12(14-16-5-6-23-14)18-15(22)17-10-7-11(8-10)19(4-2)9-13(20)21/h5-6,10-12H,3-4,7-9H2,1-2H3,(H,20,21)(H2,17,18,22). The minimum absolute atomic E-state index is 0.0576. The summed E-state index contributed by atoms with van der Waals surface area (Å²) < 4.78 is 0. The SMILES string of the molecule is CCC(NC(=O)NC1CC(N(CC)CC(=O)O)C1)c1nccs1. The van der Waals surface area contributed by atoms with E-state index in [0.717, 1.165) is 24.3 Å². The van der Waals surface area contributed by atoms with Gasteiger partial charge in [-0.05, 0) is 25.8 Å². The zero-order valence-electron chi connectivity index (χ0n) is 13.5. The molecule has 8 heteroatoms. The fourth-order valence-corrected chi connectivity index (χ4v) is 3.58. The quantitative estimate of drug-likeness (QED) is 0.671. The van der Waals surface area contributed by atoms with Crippen molar-refractivity contribution in [1.29, 1.82) is 0 Å². The van der Waals surface area contributed by atoms with Gasteiger partial charge in [0, 0.05) is 23.7 Å². The van der Waals surface area contributed by atoms with Crippen LogP contribution in [0.25, 0.3) is 0 Å². The van der Waals surface area contributed by atoms with E-state index >= 15 is 0 Å². The zero-order valence-corrected chi connectivity index (χ0v) is 14.3. The molecule has 128 valence electrons. The molecule has 1 atom stereocenters. The number of hydrogen-bond donors (Lipinski definition) is 3. The van der Waals surface area contributed by atoms with E-state index in [1.807, 2.05) is 24.1 Å². The zero-order chi connectivity index (χ0) is 16.8. The number of carboxylic acid groups (broad SMARTS) is 1. The van der Waals surface area contributed by atoms with E-state index in [2.05, 4.69) is 15.6 Å². The number of carbonyl (C=O) groups is 2. The van der Waals surface area contributed by atoms with Crippen molar-refractivity contribution in [2.75, 3.05) is 13.1 Å². The third-order valence-electron chi connectivity index (χ3n) is 4.17. The van der Waals surface area contributed by atoms with Gasteiger partial charge in [-0.25, -0.2) is 9.78 Å². The van der Waals surface area contributed by atoms with E-state index in [9.17, 15) is 9.59 Å². The minimum atomic E-state index is -0.810. The lowest BCUT2D eigenvalue weighted by atomic mass is 9.85. The van der Waals surface area contributed by atoms with Crippen LogP contribution in [0.5, 0.6) is 0 Å². The highest BCUT2D eigenvalue weighted by Gasteiger charge is 2.34. The van der Waals surface area contributed by atoms with Crippen molar-refractivity contribution in [1.82, 2.24) is 20.5 Å². The summed E-state index contributed by atoms with van der Waals surface area (Å²) in [6.45, 7) is 4.73. The van der Waals surface area contributed by atoms with Gasteiger partial charge in [0.25, 0.3) is 0 Å². The Morgan fingerprint density at radius 1 is 1.48 bits per heavy atom. The molecule has 1 aromatic rings. The number of likely N-dealkylation sites (N-methyl/N-ethyl adjacent to an activating group) is 1. The van der Waals surface area contributed by atoms with Crippen LogP contribution in [0.3, 0.4) is 0 Å². The number of amides is 2. The average Bonchev–Trinajstić information content (AvgIpc) is 2.99. The van der Waals surface area contributed by atoms with Crippen molar-refractivity contribution in [3.8, 4) is 0 Å². The summed E-state index contributed by atoms with van der Waals surface area (Å²) in [5.74, 6) is -0.810. The summed E-state index contributed by atoms with van der Waals surface area (Å²) >= 11 is 1.53. The number of aliphatic carboxylic acids is 1. The summed E-state index contributed by atoms with van der Waals surface area (Å²) in [5.41, 5.74) is 0. The van der Waals surface area contributed by atoms with E-state index in [4.69, 9.17) is 5.11 Å². The number of nitrogens with zero attached hydrogens (tertiary/aromatic N) is 2. The fraction of sp³-hybridized carbons (Fsp3) is 0.667. The van der Waals surface area contributed by atoms with Crippen LogP contribution in [0.15, 0.2) is 11.6 Å². The van der Waals surface area contributed by atoms with Gasteiger partial charge in [0.2, 0.25) is 0 Å². The number of nitrogens with one attached hydrogen (secondary N) is 2. The molecule has 0 aromatic carbocycles. The van der Waals surface area contributed by atoms with Crippen LogP contribution in [-0.4, -0.2) is 52.2 Å². The molecule has 2 amide bonds. The van der Waals surface area contributed by atoms with Crippen molar-refractivity contribution in [3.05, 3.63) is 16.6 Å². The van der Waals surface area contributed by atoms with Crippen molar-refractivity contribution < 1.29 is 14.7 Å². The maximum atomic E-state index is 12.1. The molecule has 0 spiro atoms. The highest BCUT2D eigenvalue weighted by Crippen LogP contribution is 2.26. The molecule has 0 saturated heterocycles. The van der Waals surface area contributed by atoms with Gasteiger partial charge in [-0.1, -0.05) is 13.8 Å². The highest BCUT2D eigenvalue weighted by atomic mass is 32.1. The fourth-order valence-electron chi connectivity index (χ4n) is 2.81. The lowest BCUT2D eigenvalue weighted by molar-refractivity contribution is -0.139. The Morgan fingerprint density at radius 3 is 2.74 bits per heavy atom. The Labute approximate surface area is 140 Å². The molecule has 0 bridgehead atoms. The summed E-state index contributed by atoms with van der Waals surface area (Å²) in [5, 5.41) is 17.6. The summed E-state index contributed by atoms with van der Waals surface area (Å²) in [4.78, 5) is 29.1. The molecule has 7 nitrogen and oxygen atoms in total. The van der Waals surface area contributed by atoms with E-state index in [1.54, 1.807) is 6.20 Å². The number of urea groups is 1. The van der Waals surface area contributed by atoms with Gasteiger partial charge in [-0.15, -0.1) is 11.3 Å². The van der Waals surface area contributed by atoms with Gasteiger partial charge in [-0.2, -0.15) is 0 Å². The Bertz CT molecular complexity index is 517. The second-order valence-electron chi connectivity index (χ2n) is 5.73. The highest BCUT2D eigenvalue weighted by molar-refractivity contribution is 7.09. The van der Waals surface area contributed by atoms with Crippen molar-refractivity contribution in [2.24, 2.45) is 0 Å². The lowest BCUT2D eigenvalue weighted by Crippen LogP contribution is -2.56. The van der Waals surface area contributed by atoms with Crippen LogP contribution in [0.2, 0.25) is 0 Å². The Balaban J connectivity index is 1.74. The first-order valence-electron chi connectivity index (χ1n) is 7.95. The summed E-state index contributed by atoms with van der Waals surface area (Å²) in [7, 11) is 0. The Hall–Kier alpha value is -1.67. The Kier molecular flexibility index (Phi) is 6.35. The predicted molar refractivity (Wildman–Crippen MR) is 88.5 cm³/mol. The molecule has 1 aromatic heterocycles. The van der Waals surface area contributed by atoms with Crippen LogP contribution in [0, 0.1) is 0 Å². The first kappa shape index (κ1) is 17.7. The molecular formula is C15H24N4O3S. The van der Waals surface area contributed by atoms with Gasteiger partial charge in [0.05, 0.1) is 12.6 Å².